The molecule has 0 aromatic heterocycles. The third-order valence-electron chi connectivity index (χ3n) is 3.89. The van der Waals surface area contributed by atoms with Crippen LogP contribution in [-0.2, 0) is 11.2 Å². The van der Waals surface area contributed by atoms with E-state index in [2.05, 4.69) is 56.2 Å². The zero-order valence-corrected chi connectivity index (χ0v) is 16.5. The van der Waals surface area contributed by atoms with E-state index >= 15 is 0 Å². The standard InChI is InChI=1S/C18H28N2O2.C3H6/c1-6-15(3)20(14-10-13-19(4)18(21)22-5)17-12-9-8-11-16(17)7-2;1-3-2/h6,8-9,11-12,15H,1,7,10,13-14H2,2-5H3;3H,1H2,2H3. The van der Waals surface area contributed by atoms with Crippen molar-refractivity contribution in [3.63, 3.8) is 0 Å². The van der Waals surface area contributed by atoms with Gasteiger partial charge >= 0.3 is 6.09 Å². The molecule has 1 rings (SSSR count). The molecule has 1 aromatic carbocycles. The average Bonchev–Trinajstić information content (AvgIpc) is 2.64. The molecule has 1 atom stereocenters. The summed E-state index contributed by atoms with van der Waals surface area (Å²) in [5, 5.41) is 0. The van der Waals surface area contributed by atoms with E-state index in [4.69, 9.17) is 4.74 Å². The van der Waals surface area contributed by atoms with Gasteiger partial charge in [0.2, 0.25) is 0 Å². The van der Waals surface area contributed by atoms with Crippen LogP contribution < -0.4 is 4.90 Å². The lowest BCUT2D eigenvalue weighted by Crippen LogP contribution is -2.36. The molecule has 0 saturated heterocycles. The zero-order chi connectivity index (χ0) is 19.2. The van der Waals surface area contributed by atoms with Crippen molar-refractivity contribution in [2.75, 3.05) is 32.1 Å². The number of hydrogen-bond donors (Lipinski definition) is 0. The van der Waals surface area contributed by atoms with Gasteiger partial charge in [0.25, 0.3) is 0 Å². The summed E-state index contributed by atoms with van der Waals surface area (Å²) in [6, 6.07) is 8.71. The van der Waals surface area contributed by atoms with Crippen molar-refractivity contribution in [2.45, 2.75) is 39.7 Å². The Morgan fingerprint density at radius 1 is 1.28 bits per heavy atom. The van der Waals surface area contributed by atoms with Gasteiger partial charge in [-0.3, -0.25) is 0 Å². The van der Waals surface area contributed by atoms with Crippen LogP contribution >= 0.6 is 0 Å². The number of aryl methyl sites for hydroxylation is 1. The summed E-state index contributed by atoms with van der Waals surface area (Å²) in [5.74, 6) is 0. The number of allylic oxidation sites excluding steroid dienone is 1. The first-order valence-electron chi connectivity index (χ1n) is 8.79. The Balaban J connectivity index is 0.00000178. The molecule has 0 radical (unpaired) electrons. The second kappa shape index (κ2) is 13.1. The van der Waals surface area contributed by atoms with Crippen molar-refractivity contribution >= 4 is 11.8 Å². The third kappa shape index (κ3) is 7.92. The Morgan fingerprint density at radius 3 is 2.40 bits per heavy atom. The van der Waals surface area contributed by atoms with E-state index in [1.807, 2.05) is 13.0 Å². The van der Waals surface area contributed by atoms with Crippen LogP contribution in [0.4, 0.5) is 10.5 Å². The molecule has 1 unspecified atom stereocenters. The minimum atomic E-state index is -0.294. The van der Waals surface area contributed by atoms with Gasteiger partial charge in [-0.25, -0.2) is 4.79 Å². The van der Waals surface area contributed by atoms with E-state index < -0.39 is 0 Å². The molecule has 0 N–H and O–H groups in total. The molecule has 1 aromatic rings. The maximum absolute atomic E-state index is 11.4. The van der Waals surface area contributed by atoms with Crippen LogP contribution in [0.15, 0.2) is 49.6 Å². The Hall–Kier alpha value is -2.23. The second-order valence-electron chi connectivity index (χ2n) is 5.81. The molecule has 0 aliphatic heterocycles. The van der Waals surface area contributed by atoms with Crippen molar-refractivity contribution in [3.05, 3.63) is 55.1 Å². The molecular weight excluding hydrogens is 312 g/mol. The van der Waals surface area contributed by atoms with Crippen molar-refractivity contribution in [3.8, 4) is 0 Å². The van der Waals surface area contributed by atoms with Crippen molar-refractivity contribution in [2.24, 2.45) is 0 Å². The SMILES string of the molecule is C=CC.C=CC(C)N(CCCN(C)C(=O)OC)c1ccccc1CC. The van der Waals surface area contributed by atoms with Gasteiger partial charge in [0.05, 0.1) is 7.11 Å². The molecule has 0 aliphatic rings. The lowest BCUT2D eigenvalue weighted by Gasteiger charge is -2.32. The fourth-order valence-corrected chi connectivity index (χ4v) is 2.49. The summed E-state index contributed by atoms with van der Waals surface area (Å²) in [5.41, 5.74) is 2.58. The largest absolute Gasteiger partial charge is 0.453 e. The highest BCUT2D eigenvalue weighted by Crippen LogP contribution is 2.23. The summed E-state index contributed by atoms with van der Waals surface area (Å²) in [4.78, 5) is 15.4. The molecule has 1 amide bonds. The van der Waals surface area contributed by atoms with Gasteiger partial charge in [0, 0.05) is 31.9 Å². The third-order valence-corrected chi connectivity index (χ3v) is 3.89. The quantitative estimate of drug-likeness (QED) is 0.627. The number of rotatable bonds is 8. The molecule has 4 nitrogen and oxygen atoms in total. The Kier molecular flexibility index (Phi) is 11.9. The number of benzene rings is 1. The second-order valence-corrected chi connectivity index (χ2v) is 5.81. The molecule has 0 heterocycles. The average molecular weight is 347 g/mol. The Morgan fingerprint density at radius 2 is 1.88 bits per heavy atom. The molecule has 140 valence electrons. The molecule has 0 spiro atoms. The van der Waals surface area contributed by atoms with E-state index in [9.17, 15) is 4.79 Å². The van der Waals surface area contributed by atoms with Crippen LogP contribution in [0.2, 0.25) is 0 Å². The normalized spacial score (nSPS) is 10.8. The highest BCUT2D eigenvalue weighted by atomic mass is 16.5. The summed E-state index contributed by atoms with van der Waals surface area (Å²) in [7, 11) is 3.16. The van der Waals surface area contributed by atoms with E-state index in [0.29, 0.717) is 6.54 Å². The summed E-state index contributed by atoms with van der Waals surface area (Å²) in [6.45, 7) is 15.0. The molecule has 0 fully saturated rings. The van der Waals surface area contributed by atoms with Crippen LogP contribution in [-0.4, -0.2) is 44.3 Å². The van der Waals surface area contributed by atoms with Gasteiger partial charge in [0.1, 0.15) is 0 Å². The highest BCUT2D eigenvalue weighted by Gasteiger charge is 2.15. The van der Waals surface area contributed by atoms with E-state index in [1.54, 1.807) is 18.0 Å². The first kappa shape index (κ1) is 22.8. The smallest absolute Gasteiger partial charge is 0.409 e. The van der Waals surface area contributed by atoms with Gasteiger partial charge in [-0.1, -0.05) is 37.3 Å². The number of para-hydroxylation sites is 1. The number of methoxy groups -OCH3 is 1. The first-order valence-corrected chi connectivity index (χ1v) is 8.79. The van der Waals surface area contributed by atoms with E-state index in [0.717, 1.165) is 19.4 Å². The van der Waals surface area contributed by atoms with Crippen LogP contribution in [0.25, 0.3) is 0 Å². The van der Waals surface area contributed by atoms with Gasteiger partial charge in [0.15, 0.2) is 0 Å². The van der Waals surface area contributed by atoms with Crippen LogP contribution in [0.3, 0.4) is 0 Å². The number of anilines is 1. The van der Waals surface area contributed by atoms with Crippen LogP contribution in [0.5, 0.6) is 0 Å². The van der Waals surface area contributed by atoms with E-state index in [-0.39, 0.29) is 12.1 Å². The van der Waals surface area contributed by atoms with Crippen molar-refractivity contribution < 1.29 is 9.53 Å². The minimum absolute atomic E-state index is 0.246. The van der Waals surface area contributed by atoms with Crippen LogP contribution in [0, 0.1) is 0 Å². The van der Waals surface area contributed by atoms with Gasteiger partial charge < -0.3 is 14.5 Å². The molecule has 0 bridgehead atoms. The molecule has 25 heavy (non-hydrogen) atoms. The number of hydrogen-bond acceptors (Lipinski definition) is 3. The predicted molar refractivity (Wildman–Crippen MR) is 108 cm³/mol. The van der Waals surface area contributed by atoms with Crippen LogP contribution in [0.1, 0.15) is 32.8 Å². The van der Waals surface area contributed by atoms with Gasteiger partial charge in [-0.15, -0.1) is 13.2 Å². The summed E-state index contributed by atoms with van der Waals surface area (Å²) >= 11 is 0. The maximum atomic E-state index is 11.4. The molecule has 0 aliphatic carbocycles. The number of ether oxygens (including phenoxy) is 1. The molecule has 0 saturated carbocycles. The lowest BCUT2D eigenvalue weighted by atomic mass is 10.1. The molecule has 4 heteroatoms. The van der Waals surface area contributed by atoms with Gasteiger partial charge in [-0.05, 0) is 38.3 Å². The number of nitrogens with zero attached hydrogens (tertiary/aromatic N) is 2. The zero-order valence-electron chi connectivity index (χ0n) is 16.5. The Bertz CT molecular complexity index is 528. The van der Waals surface area contributed by atoms with E-state index in [1.165, 1.54) is 18.4 Å². The monoisotopic (exact) mass is 346 g/mol. The minimum Gasteiger partial charge on any atom is -0.453 e. The lowest BCUT2D eigenvalue weighted by molar-refractivity contribution is 0.133. The number of amides is 1. The van der Waals surface area contributed by atoms with Crippen molar-refractivity contribution in [1.82, 2.24) is 4.90 Å². The fourth-order valence-electron chi connectivity index (χ4n) is 2.49. The predicted octanol–water partition coefficient (Wildman–Crippen LogP) is 4.91. The summed E-state index contributed by atoms with van der Waals surface area (Å²) < 4.78 is 4.72. The highest BCUT2D eigenvalue weighted by molar-refractivity contribution is 5.66. The summed E-state index contributed by atoms with van der Waals surface area (Å²) in [6.07, 6.45) is 5.29. The van der Waals surface area contributed by atoms with Crippen molar-refractivity contribution in [1.29, 1.82) is 0 Å². The first-order chi connectivity index (χ1) is 12.0. The topological polar surface area (TPSA) is 32.8 Å². The maximum Gasteiger partial charge on any atom is 0.409 e. The molecular formula is C21H34N2O2. The van der Waals surface area contributed by atoms with Gasteiger partial charge in [-0.2, -0.15) is 0 Å². The number of carbonyl (C=O) groups is 1. The fraction of sp³-hybridized carbons (Fsp3) is 0.476. The Labute approximate surface area is 153 Å². The number of carbonyl (C=O) groups excluding carboxylic acids is 1.